The van der Waals surface area contributed by atoms with E-state index in [1.54, 1.807) is 0 Å². The molecule has 0 aliphatic carbocycles. The standard InChI is InChI=1S/C11H24N2S/c1-9(2)13-7-6-12(8-11(13)5)14-10(3)4/h9-11H,6-8H2,1-5H3. The summed E-state index contributed by atoms with van der Waals surface area (Å²) in [6.45, 7) is 15.1. The van der Waals surface area contributed by atoms with Gasteiger partial charge in [-0.15, -0.1) is 0 Å². The zero-order valence-electron chi connectivity index (χ0n) is 10.2. The summed E-state index contributed by atoms with van der Waals surface area (Å²) in [5, 5.41) is 0.716. The van der Waals surface area contributed by atoms with Gasteiger partial charge in [0.1, 0.15) is 0 Å². The highest BCUT2D eigenvalue weighted by Gasteiger charge is 2.25. The molecule has 1 aliphatic heterocycles. The van der Waals surface area contributed by atoms with Gasteiger partial charge < -0.3 is 0 Å². The molecule has 1 atom stereocenters. The van der Waals surface area contributed by atoms with Gasteiger partial charge in [-0.05, 0) is 20.8 Å². The van der Waals surface area contributed by atoms with Gasteiger partial charge >= 0.3 is 0 Å². The van der Waals surface area contributed by atoms with E-state index in [-0.39, 0.29) is 0 Å². The van der Waals surface area contributed by atoms with E-state index in [1.807, 2.05) is 11.9 Å². The van der Waals surface area contributed by atoms with E-state index in [9.17, 15) is 0 Å². The summed E-state index contributed by atoms with van der Waals surface area (Å²) in [4.78, 5) is 2.59. The molecule has 1 aliphatic rings. The van der Waals surface area contributed by atoms with Gasteiger partial charge in [0.05, 0.1) is 0 Å². The lowest BCUT2D eigenvalue weighted by molar-refractivity contribution is 0.103. The van der Waals surface area contributed by atoms with Gasteiger partial charge in [0, 0.05) is 37.0 Å². The van der Waals surface area contributed by atoms with Crippen molar-refractivity contribution in [3.05, 3.63) is 0 Å². The highest BCUT2D eigenvalue weighted by atomic mass is 32.2. The molecule has 2 nitrogen and oxygen atoms in total. The SMILES string of the molecule is CC(C)SN1CCN(C(C)C)C(C)C1. The topological polar surface area (TPSA) is 6.48 Å². The van der Waals surface area contributed by atoms with Crippen LogP contribution in [-0.4, -0.2) is 46.2 Å². The van der Waals surface area contributed by atoms with Crippen LogP contribution in [0.1, 0.15) is 34.6 Å². The normalized spacial score (nSPS) is 26.4. The molecule has 0 amide bonds. The van der Waals surface area contributed by atoms with Crippen molar-refractivity contribution in [3.63, 3.8) is 0 Å². The Bertz CT molecular complexity index is 171. The van der Waals surface area contributed by atoms with Crippen molar-refractivity contribution >= 4 is 11.9 Å². The number of piperazine rings is 1. The number of hydrogen-bond acceptors (Lipinski definition) is 3. The molecule has 14 heavy (non-hydrogen) atoms. The fourth-order valence-corrected chi connectivity index (χ4v) is 3.18. The maximum atomic E-state index is 2.59. The molecule has 84 valence electrons. The summed E-state index contributed by atoms with van der Waals surface area (Å²) in [7, 11) is 0. The van der Waals surface area contributed by atoms with Crippen LogP contribution in [0.4, 0.5) is 0 Å². The minimum atomic E-state index is 0.691. The van der Waals surface area contributed by atoms with Crippen LogP contribution in [0.5, 0.6) is 0 Å². The molecule has 0 saturated carbocycles. The number of nitrogens with zero attached hydrogens (tertiary/aromatic N) is 2. The van der Waals surface area contributed by atoms with E-state index in [1.165, 1.54) is 19.6 Å². The third-order valence-electron chi connectivity index (χ3n) is 2.66. The molecule has 0 aromatic heterocycles. The van der Waals surface area contributed by atoms with Gasteiger partial charge in [-0.25, -0.2) is 4.31 Å². The van der Waals surface area contributed by atoms with Crippen LogP contribution in [0.15, 0.2) is 0 Å². The third kappa shape index (κ3) is 3.44. The molecule has 1 rings (SSSR count). The van der Waals surface area contributed by atoms with Crippen molar-refractivity contribution in [1.82, 2.24) is 9.21 Å². The maximum Gasteiger partial charge on any atom is 0.0244 e. The highest BCUT2D eigenvalue weighted by Crippen LogP contribution is 2.22. The van der Waals surface area contributed by atoms with Crippen LogP contribution < -0.4 is 0 Å². The predicted molar refractivity (Wildman–Crippen MR) is 65.6 cm³/mol. The molecule has 0 bridgehead atoms. The first kappa shape index (κ1) is 12.3. The zero-order chi connectivity index (χ0) is 10.7. The van der Waals surface area contributed by atoms with Crippen LogP contribution in [0.25, 0.3) is 0 Å². The van der Waals surface area contributed by atoms with E-state index >= 15 is 0 Å². The van der Waals surface area contributed by atoms with Crippen LogP contribution in [0, 0.1) is 0 Å². The Morgan fingerprint density at radius 3 is 2.21 bits per heavy atom. The van der Waals surface area contributed by atoms with Gasteiger partial charge in [0.15, 0.2) is 0 Å². The summed E-state index contributed by atoms with van der Waals surface area (Å²) in [5.41, 5.74) is 0. The summed E-state index contributed by atoms with van der Waals surface area (Å²) in [6.07, 6.45) is 0. The second-order valence-electron chi connectivity index (χ2n) is 4.72. The van der Waals surface area contributed by atoms with E-state index in [0.29, 0.717) is 17.3 Å². The van der Waals surface area contributed by atoms with Gasteiger partial charge in [-0.2, -0.15) is 0 Å². The van der Waals surface area contributed by atoms with Gasteiger partial charge in [0.25, 0.3) is 0 Å². The minimum absolute atomic E-state index is 0.691. The van der Waals surface area contributed by atoms with Crippen molar-refractivity contribution < 1.29 is 0 Å². The molecular weight excluding hydrogens is 192 g/mol. The van der Waals surface area contributed by atoms with Gasteiger partial charge in [-0.1, -0.05) is 25.8 Å². The molecule has 1 fully saturated rings. The van der Waals surface area contributed by atoms with E-state index in [0.717, 1.165) is 0 Å². The Hall–Kier alpha value is 0.270. The average Bonchev–Trinajstić information content (AvgIpc) is 2.01. The molecule has 0 spiro atoms. The second kappa shape index (κ2) is 5.38. The Morgan fingerprint density at radius 1 is 1.14 bits per heavy atom. The predicted octanol–water partition coefficient (Wildman–Crippen LogP) is 2.46. The highest BCUT2D eigenvalue weighted by molar-refractivity contribution is 7.97. The summed E-state index contributed by atoms with van der Waals surface area (Å²) < 4.78 is 2.52. The van der Waals surface area contributed by atoms with Crippen molar-refractivity contribution in [2.45, 2.75) is 52.0 Å². The monoisotopic (exact) mass is 216 g/mol. The summed E-state index contributed by atoms with van der Waals surface area (Å²) >= 11 is 2.00. The molecule has 0 aromatic rings. The fraction of sp³-hybridized carbons (Fsp3) is 1.00. The molecular formula is C11H24N2S. The number of rotatable bonds is 3. The van der Waals surface area contributed by atoms with Gasteiger partial charge in [0.2, 0.25) is 0 Å². The Balaban J connectivity index is 2.39. The van der Waals surface area contributed by atoms with E-state index in [2.05, 4.69) is 43.8 Å². The zero-order valence-corrected chi connectivity index (χ0v) is 11.0. The maximum absolute atomic E-state index is 2.59. The lowest BCUT2D eigenvalue weighted by atomic mass is 10.2. The summed E-state index contributed by atoms with van der Waals surface area (Å²) in [5.74, 6) is 0. The first-order chi connectivity index (χ1) is 6.50. The second-order valence-corrected chi connectivity index (χ2v) is 6.39. The molecule has 0 radical (unpaired) electrons. The first-order valence-corrected chi connectivity index (χ1v) is 6.51. The minimum Gasteiger partial charge on any atom is -0.296 e. The largest absolute Gasteiger partial charge is 0.296 e. The van der Waals surface area contributed by atoms with Gasteiger partial charge in [-0.3, -0.25) is 4.90 Å². The third-order valence-corrected chi connectivity index (χ3v) is 3.72. The van der Waals surface area contributed by atoms with Crippen molar-refractivity contribution in [1.29, 1.82) is 0 Å². The first-order valence-electron chi connectivity index (χ1n) is 5.68. The molecule has 1 saturated heterocycles. The lowest BCUT2D eigenvalue weighted by Crippen LogP contribution is -2.52. The smallest absolute Gasteiger partial charge is 0.0244 e. The Kier molecular flexibility index (Phi) is 4.74. The molecule has 1 heterocycles. The Labute approximate surface area is 93.2 Å². The molecule has 1 unspecified atom stereocenters. The summed E-state index contributed by atoms with van der Waals surface area (Å²) in [6, 6.07) is 1.39. The molecule has 0 aromatic carbocycles. The molecule has 0 N–H and O–H groups in total. The van der Waals surface area contributed by atoms with E-state index in [4.69, 9.17) is 0 Å². The van der Waals surface area contributed by atoms with E-state index < -0.39 is 0 Å². The average molecular weight is 216 g/mol. The van der Waals surface area contributed by atoms with Crippen LogP contribution in [0.2, 0.25) is 0 Å². The lowest BCUT2D eigenvalue weighted by Gasteiger charge is -2.41. The quantitative estimate of drug-likeness (QED) is 0.669. The van der Waals surface area contributed by atoms with Crippen LogP contribution in [0.3, 0.4) is 0 Å². The number of hydrogen-bond donors (Lipinski definition) is 0. The molecule has 3 heteroatoms. The fourth-order valence-electron chi connectivity index (χ4n) is 2.10. The van der Waals surface area contributed by atoms with Crippen molar-refractivity contribution in [3.8, 4) is 0 Å². The Morgan fingerprint density at radius 2 is 1.79 bits per heavy atom. The van der Waals surface area contributed by atoms with Crippen molar-refractivity contribution in [2.24, 2.45) is 0 Å². The van der Waals surface area contributed by atoms with Crippen LogP contribution in [-0.2, 0) is 0 Å². The van der Waals surface area contributed by atoms with Crippen LogP contribution >= 0.6 is 11.9 Å². The van der Waals surface area contributed by atoms with Crippen molar-refractivity contribution in [2.75, 3.05) is 19.6 Å².